The van der Waals surface area contributed by atoms with Gasteiger partial charge in [-0.1, -0.05) is 30.3 Å². The molecule has 88 valence electrons. The summed E-state index contributed by atoms with van der Waals surface area (Å²) in [6.45, 7) is 1.22. The minimum atomic E-state index is -0.164. The van der Waals surface area contributed by atoms with Crippen LogP contribution in [0.3, 0.4) is 0 Å². The van der Waals surface area contributed by atoms with Gasteiger partial charge in [-0.15, -0.1) is 0 Å². The zero-order valence-corrected chi connectivity index (χ0v) is 9.27. The largest absolute Gasteiger partial charge is 0.464 e. The Morgan fingerprint density at radius 2 is 1.88 bits per heavy atom. The van der Waals surface area contributed by atoms with Crippen molar-refractivity contribution >= 4 is 14.4 Å². The maximum atomic E-state index is 11.4. The van der Waals surface area contributed by atoms with Crippen molar-refractivity contribution in [3.05, 3.63) is 35.9 Å². The van der Waals surface area contributed by atoms with Crippen molar-refractivity contribution in [2.75, 3.05) is 27.2 Å². The standard InChI is InChI=1S/C12H17NO2.BH3/c1-13(2)8-9-15-12(14)10-11-6-4-3-5-7-11;/h3-7H,8-10H2,1-2H3;1H3. The van der Waals surface area contributed by atoms with E-state index in [0.717, 1.165) is 12.1 Å². The fourth-order valence-electron chi connectivity index (χ4n) is 1.16. The van der Waals surface area contributed by atoms with E-state index in [-0.39, 0.29) is 14.4 Å². The van der Waals surface area contributed by atoms with E-state index in [4.69, 9.17) is 4.74 Å². The van der Waals surface area contributed by atoms with Crippen LogP contribution in [0.4, 0.5) is 0 Å². The highest BCUT2D eigenvalue weighted by atomic mass is 16.5. The molecule has 4 heteroatoms. The van der Waals surface area contributed by atoms with E-state index in [9.17, 15) is 4.79 Å². The van der Waals surface area contributed by atoms with Gasteiger partial charge in [0.1, 0.15) is 6.61 Å². The number of nitrogens with zero attached hydrogens (tertiary/aromatic N) is 1. The molecule has 0 aliphatic rings. The molecule has 0 atom stereocenters. The molecular formula is C12H20BNO2. The zero-order valence-electron chi connectivity index (χ0n) is 9.27. The molecule has 0 aliphatic heterocycles. The minimum absolute atomic E-state index is 0. The molecule has 0 spiro atoms. The number of benzene rings is 1. The molecule has 0 radical (unpaired) electrons. The first-order valence-electron chi connectivity index (χ1n) is 5.03. The van der Waals surface area contributed by atoms with Gasteiger partial charge in [-0.05, 0) is 19.7 Å². The Morgan fingerprint density at radius 1 is 1.25 bits per heavy atom. The summed E-state index contributed by atoms with van der Waals surface area (Å²) in [5, 5.41) is 0. The molecule has 0 bridgehead atoms. The second-order valence-corrected chi connectivity index (χ2v) is 3.69. The molecular weight excluding hydrogens is 201 g/mol. The summed E-state index contributed by atoms with van der Waals surface area (Å²) in [5.41, 5.74) is 0.993. The van der Waals surface area contributed by atoms with Crippen LogP contribution in [-0.2, 0) is 16.0 Å². The van der Waals surface area contributed by atoms with E-state index < -0.39 is 0 Å². The van der Waals surface area contributed by atoms with E-state index in [1.54, 1.807) is 0 Å². The van der Waals surface area contributed by atoms with Crippen molar-refractivity contribution in [3.63, 3.8) is 0 Å². The Hall–Kier alpha value is -1.29. The summed E-state index contributed by atoms with van der Waals surface area (Å²) >= 11 is 0. The molecule has 0 heterocycles. The van der Waals surface area contributed by atoms with Crippen molar-refractivity contribution in [3.8, 4) is 0 Å². The fraction of sp³-hybridized carbons (Fsp3) is 0.417. The first-order valence-corrected chi connectivity index (χ1v) is 5.03. The van der Waals surface area contributed by atoms with Crippen LogP contribution < -0.4 is 0 Å². The Kier molecular flexibility index (Phi) is 7.30. The molecule has 0 saturated heterocycles. The average molecular weight is 221 g/mol. The van der Waals surface area contributed by atoms with E-state index in [1.165, 1.54) is 0 Å². The van der Waals surface area contributed by atoms with Gasteiger partial charge in [0.05, 0.1) is 14.8 Å². The molecule has 0 amide bonds. The second kappa shape index (κ2) is 7.94. The number of rotatable bonds is 5. The van der Waals surface area contributed by atoms with Gasteiger partial charge in [0, 0.05) is 6.54 Å². The normalized spacial score (nSPS) is 9.69. The van der Waals surface area contributed by atoms with Crippen LogP contribution in [0.2, 0.25) is 0 Å². The number of ether oxygens (including phenoxy) is 1. The highest BCUT2D eigenvalue weighted by Gasteiger charge is 2.03. The van der Waals surface area contributed by atoms with Crippen LogP contribution in [-0.4, -0.2) is 46.5 Å². The van der Waals surface area contributed by atoms with Crippen LogP contribution in [0.15, 0.2) is 30.3 Å². The van der Waals surface area contributed by atoms with Gasteiger partial charge < -0.3 is 9.64 Å². The maximum Gasteiger partial charge on any atom is 0.310 e. The molecule has 0 aromatic heterocycles. The van der Waals surface area contributed by atoms with Gasteiger partial charge in [0.25, 0.3) is 0 Å². The lowest BCUT2D eigenvalue weighted by atomic mass is 10.2. The number of carbonyl (C=O) groups excluding carboxylic acids is 1. The molecule has 0 fully saturated rings. The third-order valence-corrected chi connectivity index (χ3v) is 1.99. The summed E-state index contributed by atoms with van der Waals surface area (Å²) in [5.74, 6) is -0.164. The topological polar surface area (TPSA) is 29.5 Å². The Labute approximate surface area is 99.0 Å². The molecule has 0 unspecified atom stereocenters. The van der Waals surface area contributed by atoms with E-state index in [1.807, 2.05) is 49.3 Å². The number of likely N-dealkylation sites (N-methyl/N-ethyl adjacent to an activating group) is 1. The smallest absolute Gasteiger partial charge is 0.310 e. The van der Waals surface area contributed by atoms with Crippen molar-refractivity contribution in [1.82, 2.24) is 4.90 Å². The predicted octanol–water partition coefficient (Wildman–Crippen LogP) is 0.150. The highest BCUT2D eigenvalue weighted by molar-refractivity contribution is 5.75. The number of carbonyl (C=O) groups is 1. The quantitative estimate of drug-likeness (QED) is 0.523. The SMILES string of the molecule is B.CN(C)CCOC(=O)Cc1ccccc1. The molecule has 1 aromatic carbocycles. The summed E-state index contributed by atoms with van der Waals surface area (Å²) in [6, 6.07) is 9.62. The molecule has 0 saturated carbocycles. The first kappa shape index (κ1) is 14.7. The molecule has 3 nitrogen and oxygen atoms in total. The van der Waals surface area contributed by atoms with Crippen molar-refractivity contribution in [2.45, 2.75) is 6.42 Å². The van der Waals surface area contributed by atoms with Crippen molar-refractivity contribution < 1.29 is 9.53 Å². The average Bonchev–Trinajstić information content (AvgIpc) is 2.18. The van der Waals surface area contributed by atoms with E-state index >= 15 is 0 Å². The maximum absolute atomic E-state index is 11.4. The highest BCUT2D eigenvalue weighted by Crippen LogP contribution is 2.00. The lowest BCUT2D eigenvalue weighted by Crippen LogP contribution is -2.20. The third kappa shape index (κ3) is 6.25. The van der Waals surface area contributed by atoms with Crippen LogP contribution in [0, 0.1) is 0 Å². The Bertz CT molecular complexity index is 301. The van der Waals surface area contributed by atoms with E-state index in [2.05, 4.69) is 0 Å². The Balaban J connectivity index is 0.00000225. The van der Waals surface area contributed by atoms with Gasteiger partial charge in [-0.3, -0.25) is 4.79 Å². The minimum Gasteiger partial charge on any atom is -0.464 e. The third-order valence-electron chi connectivity index (χ3n) is 1.99. The van der Waals surface area contributed by atoms with Gasteiger partial charge >= 0.3 is 5.97 Å². The first-order chi connectivity index (χ1) is 7.18. The second-order valence-electron chi connectivity index (χ2n) is 3.69. The summed E-state index contributed by atoms with van der Waals surface area (Å²) in [6.07, 6.45) is 0.355. The van der Waals surface area contributed by atoms with Crippen molar-refractivity contribution in [2.24, 2.45) is 0 Å². The zero-order chi connectivity index (χ0) is 11.1. The summed E-state index contributed by atoms with van der Waals surface area (Å²) < 4.78 is 5.08. The predicted molar refractivity (Wildman–Crippen MR) is 69.6 cm³/mol. The van der Waals surface area contributed by atoms with Gasteiger partial charge in [0.15, 0.2) is 0 Å². The van der Waals surface area contributed by atoms with Gasteiger partial charge in [-0.25, -0.2) is 0 Å². The molecule has 0 N–H and O–H groups in total. The summed E-state index contributed by atoms with van der Waals surface area (Å²) in [7, 11) is 3.90. The lowest BCUT2D eigenvalue weighted by molar-refractivity contribution is -0.143. The van der Waals surface area contributed by atoms with Crippen LogP contribution in [0.1, 0.15) is 5.56 Å². The van der Waals surface area contributed by atoms with E-state index in [0.29, 0.717) is 13.0 Å². The van der Waals surface area contributed by atoms with Gasteiger partial charge in [0.2, 0.25) is 0 Å². The lowest BCUT2D eigenvalue weighted by Gasteiger charge is -2.09. The number of esters is 1. The van der Waals surface area contributed by atoms with Gasteiger partial charge in [-0.2, -0.15) is 0 Å². The molecule has 16 heavy (non-hydrogen) atoms. The van der Waals surface area contributed by atoms with Crippen LogP contribution in [0.5, 0.6) is 0 Å². The van der Waals surface area contributed by atoms with Crippen molar-refractivity contribution in [1.29, 1.82) is 0 Å². The molecule has 0 aliphatic carbocycles. The van der Waals surface area contributed by atoms with Crippen LogP contribution >= 0.6 is 0 Å². The fourth-order valence-corrected chi connectivity index (χ4v) is 1.16. The summed E-state index contributed by atoms with van der Waals surface area (Å²) in [4.78, 5) is 13.3. The monoisotopic (exact) mass is 221 g/mol. The number of hydrogen-bond donors (Lipinski definition) is 0. The van der Waals surface area contributed by atoms with Crippen LogP contribution in [0.25, 0.3) is 0 Å². The Morgan fingerprint density at radius 3 is 2.44 bits per heavy atom. The molecule has 1 rings (SSSR count). The number of hydrogen-bond acceptors (Lipinski definition) is 3. The molecule has 1 aromatic rings.